The zero-order chi connectivity index (χ0) is 23.8. The van der Waals surface area contributed by atoms with Crippen molar-refractivity contribution in [1.29, 1.82) is 0 Å². The van der Waals surface area contributed by atoms with Gasteiger partial charge >= 0.3 is 0 Å². The predicted octanol–water partition coefficient (Wildman–Crippen LogP) is 3.28. The van der Waals surface area contributed by atoms with E-state index in [1.807, 2.05) is 22.6 Å². The van der Waals surface area contributed by atoms with E-state index in [2.05, 4.69) is 22.2 Å². The summed E-state index contributed by atoms with van der Waals surface area (Å²) in [5.41, 5.74) is -1.66. The molecular formula is C23H26F3IN4O2. The summed E-state index contributed by atoms with van der Waals surface area (Å²) in [5, 5.41) is 13.4. The third kappa shape index (κ3) is 5.44. The predicted molar refractivity (Wildman–Crippen MR) is 128 cm³/mol. The van der Waals surface area contributed by atoms with Crippen LogP contribution in [0.1, 0.15) is 16.8 Å². The summed E-state index contributed by atoms with van der Waals surface area (Å²) in [6.45, 7) is 4.26. The van der Waals surface area contributed by atoms with Crippen LogP contribution in [0, 0.1) is 21.0 Å². The summed E-state index contributed by atoms with van der Waals surface area (Å²) in [4.78, 5) is 18.9. The Bertz CT molecular complexity index is 1050. The van der Waals surface area contributed by atoms with Crippen molar-refractivity contribution >= 4 is 39.9 Å². The lowest BCUT2D eigenvalue weighted by Crippen LogP contribution is -2.67. The van der Waals surface area contributed by atoms with Gasteiger partial charge in [0.05, 0.1) is 30.0 Å². The third-order valence-electron chi connectivity index (χ3n) is 6.10. The molecule has 4 rings (SSSR count). The Morgan fingerprint density at radius 1 is 1.09 bits per heavy atom. The van der Waals surface area contributed by atoms with E-state index in [9.17, 15) is 23.1 Å². The van der Waals surface area contributed by atoms with E-state index in [1.54, 1.807) is 6.07 Å². The van der Waals surface area contributed by atoms with E-state index in [0.29, 0.717) is 10.1 Å². The van der Waals surface area contributed by atoms with E-state index in [-0.39, 0.29) is 24.3 Å². The molecule has 33 heavy (non-hydrogen) atoms. The maximum absolute atomic E-state index is 14.6. The van der Waals surface area contributed by atoms with Gasteiger partial charge in [0.15, 0.2) is 11.6 Å². The van der Waals surface area contributed by atoms with Crippen LogP contribution < -0.4 is 5.32 Å². The number of halogens is 4. The molecule has 2 aliphatic rings. The minimum atomic E-state index is -1.26. The maximum atomic E-state index is 14.6. The zero-order valence-corrected chi connectivity index (χ0v) is 20.4. The second-order valence-corrected chi connectivity index (χ2v) is 10.1. The number of anilines is 2. The first-order valence-electron chi connectivity index (χ1n) is 10.8. The molecule has 0 unspecified atom stereocenters. The Morgan fingerprint density at radius 2 is 1.85 bits per heavy atom. The average molecular weight is 574 g/mol. The van der Waals surface area contributed by atoms with Gasteiger partial charge < -0.3 is 20.2 Å². The summed E-state index contributed by atoms with van der Waals surface area (Å²) in [7, 11) is 2.07. The van der Waals surface area contributed by atoms with Crippen LogP contribution in [0.5, 0.6) is 0 Å². The number of hydrogen-bond donors (Lipinski definition) is 2. The Kier molecular flexibility index (Phi) is 7.18. The Labute approximate surface area is 204 Å². The minimum absolute atomic E-state index is 0.0692. The number of aliphatic hydroxyl groups is 1. The summed E-state index contributed by atoms with van der Waals surface area (Å²) in [6.07, 6.45) is 1.01. The highest BCUT2D eigenvalue weighted by atomic mass is 127. The number of carbonyl (C=O) groups excluding carboxylic acids is 1. The van der Waals surface area contributed by atoms with E-state index in [1.165, 1.54) is 23.1 Å². The monoisotopic (exact) mass is 574 g/mol. The molecule has 0 bridgehead atoms. The van der Waals surface area contributed by atoms with Gasteiger partial charge in [-0.2, -0.15) is 0 Å². The molecule has 2 aromatic rings. The first-order chi connectivity index (χ1) is 15.6. The van der Waals surface area contributed by atoms with Gasteiger partial charge in [0.25, 0.3) is 5.91 Å². The molecular weight excluding hydrogens is 548 g/mol. The highest BCUT2D eigenvalue weighted by molar-refractivity contribution is 14.1. The molecule has 6 nitrogen and oxygen atoms in total. The Balaban J connectivity index is 1.48. The Morgan fingerprint density at radius 3 is 2.58 bits per heavy atom. The van der Waals surface area contributed by atoms with Crippen molar-refractivity contribution in [3.63, 3.8) is 0 Å². The third-order valence-corrected chi connectivity index (χ3v) is 6.77. The van der Waals surface area contributed by atoms with Gasteiger partial charge in [-0.3, -0.25) is 9.69 Å². The highest BCUT2D eigenvalue weighted by Gasteiger charge is 2.45. The van der Waals surface area contributed by atoms with Crippen molar-refractivity contribution in [2.75, 3.05) is 58.2 Å². The number of β-amino-alcohol motifs (C(OH)–C–C–N with tert-alkyl or cyclic N) is 1. The number of carbonyl (C=O) groups is 1. The lowest BCUT2D eigenvalue weighted by Gasteiger charge is -2.48. The normalized spacial score (nSPS) is 19.2. The second kappa shape index (κ2) is 9.77. The fourth-order valence-corrected chi connectivity index (χ4v) is 4.78. The number of nitrogens with one attached hydrogen (secondary N) is 1. The standard InChI is InChI=1S/C23H26F3IN4O2/c1-29-7-2-8-30(10-9-29)12-23(33)13-31(14-23)22(32)16-4-5-17(24)20(26)21(16)28-19-6-3-15(27)11-18(19)25/h3-6,11,28,33H,2,7-10,12-14H2,1H3. The molecule has 0 saturated carbocycles. The molecule has 0 radical (unpaired) electrons. The maximum Gasteiger partial charge on any atom is 0.256 e. The topological polar surface area (TPSA) is 59.1 Å². The van der Waals surface area contributed by atoms with Gasteiger partial charge in [0, 0.05) is 23.2 Å². The molecule has 2 aliphatic heterocycles. The summed E-state index contributed by atoms with van der Waals surface area (Å²) in [5.74, 6) is -3.61. The van der Waals surface area contributed by atoms with Gasteiger partial charge in [-0.05, 0) is 79.5 Å². The van der Waals surface area contributed by atoms with Crippen LogP contribution in [0.15, 0.2) is 30.3 Å². The van der Waals surface area contributed by atoms with Crippen LogP contribution in [0.3, 0.4) is 0 Å². The first kappa shape index (κ1) is 24.2. The van der Waals surface area contributed by atoms with Crippen molar-refractivity contribution in [3.05, 3.63) is 56.9 Å². The smallest absolute Gasteiger partial charge is 0.256 e. The molecule has 10 heteroatoms. The number of likely N-dealkylation sites (N-methyl/N-ethyl adjacent to an activating group) is 1. The summed E-state index contributed by atoms with van der Waals surface area (Å²) >= 11 is 1.94. The van der Waals surface area contributed by atoms with Crippen molar-refractivity contribution < 1.29 is 23.1 Å². The van der Waals surface area contributed by atoms with Gasteiger partial charge in [-0.15, -0.1) is 0 Å². The van der Waals surface area contributed by atoms with Crippen molar-refractivity contribution in [3.8, 4) is 0 Å². The number of rotatable bonds is 5. The zero-order valence-electron chi connectivity index (χ0n) is 18.3. The molecule has 0 atom stereocenters. The van der Waals surface area contributed by atoms with E-state index in [0.717, 1.165) is 38.7 Å². The first-order valence-corrected chi connectivity index (χ1v) is 11.9. The van der Waals surface area contributed by atoms with E-state index < -0.39 is 34.6 Å². The Hall–Kier alpha value is -1.89. The van der Waals surface area contributed by atoms with Crippen LogP contribution in [0.4, 0.5) is 24.5 Å². The van der Waals surface area contributed by atoms with Crippen LogP contribution in [-0.4, -0.2) is 84.2 Å². The quantitative estimate of drug-likeness (QED) is 0.538. The largest absolute Gasteiger partial charge is 0.385 e. The molecule has 2 heterocycles. The molecule has 2 fully saturated rings. The van der Waals surface area contributed by atoms with Crippen molar-refractivity contribution in [2.45, 2.75) is 12.0 Å². The molecule has 0 aromatic heterocycles. The van der Waals surface area contributed by atoms with Crippen LogP contribution >= 0.6 is 22.6 Å². The lowest BCUT2D eigenvalue weighted by molar-refractivity contribution is -0.0971. The fourth-order valence-electron chi connectivity index (χ4n) is 4.33. The van der Waals surface area contributed by atoms with E-state index in [4.69, 9.17) is 0 Å². The molecule has 2 saturated heterocycles. The average Bonchev–Trinajstić information content (AvgIpc) is 2.95. The fraction of sp³-hybridized carbons (Fsp3) is 0.435. The van der Waals surface area contributed by atoms with Crippen LogP contribution in [-0.2, 0) is 0 Å². The molecule has 2 N–H and O–H groups in total. The SMILES string of the molecule is CN1CCCN(CC2(O)CN(C(=O)c3ccc(F)c(F)c3Nc3ccc(I)cc3F)C2)CC1. The molecule has 1 amide bonds. The number of likely N-dealkylation sites (tertiary alicyclic amines) is 1. The molecule has 0 spiro atoms. The second-order valence-electron chi connectivity index (χ2n) is 8.85. The summed E-state index contributed by atoms with van der Waals surface area (Å²) < 4.78 is 43.5. The van der Waals surface area contributed by atoms with Crippen molar-refractivity contribution in [1.82, 2.24) is 14.7 Å². The van der Waals surface area contributed by atoms with Gasteiger partial charge in [0.2, 0.25) is 0 Å². The minimum Gasteiger partial charge on any atom is -0.385 e. The lowest BCUT2D eigenvalue weighted by atomic mass is 9.92. The van der Waals surface area contributed by atoms with Gasteiger partial charge in [-0.1, -0.05) is 0 Å². The summed E-state index contributed by atoms with van der Waals surface area (Å²) in [6, 6.07) is 6.31. The number of hydrogen-bond acceptors (Lipinski definition) is 5. The molecule has 178 valence electrons. The van der Waals surface area contributed by atoms with Crippen LogP contribution in [0.2, 0.25) is 0 Å². The molecule has 2 aromatic carbocycles. The molecule has 0 aliphatic carbocycles. The van der Waals surface area contributed by atoms with E-state index >= 15 is 0 Å². The van der Waals surface area contributed by atoms with Gasteiger partial charge in [-0.25, -0.2) is 13.2 Å². The van der Waals surface area contributed by atoms with Crippen LogP contribution in [0.25, 0.3) is 0 Å². The van der Waals surface area contributed by atoms with Crippen molar-refractivity contribution in [2.24, 2.45) is 0 Å². The number of nitrogens with zero attached hydrogens (tertiary/aromatic N) is 3. The number of benzene rings is 2. The number of amides is 1. The highest BCUT2D eigenvalue weighted by Crippen LogP contribution is 2.32. The van der Waals surface area contributed by atoms with Gasteiger partial charge in [0.1, 0.15) is 11.4 Å².